The van der Waals surface area contributed by atoms with Gasteiger partial charge in [0.05, 0.1) is 7.11 Å². The molecule has 32 heavy (non-hydrogen) atoms. The van der Waals surface area contributed by atoms with Gasteiger partial charge in [-0.2, -0.15) is 0 Å². The van der Waals surface area contributed by atoms with Crippen molar-refractivity contribution in [2.24, 2.45) is 17.8 Å². The zero-order chi connectivity index (χ0) is 23.0. The molecule has 5 nitrogen and oxygen atoms in total. The quantitative estimate of drug-likeness (QED) is 0.603. The second-order valence-corrected chi connectivity index (χ2v) is 9.69. The van der Waals surface area contributed by atoms with Gasteiger partial charge >= 0.3 is 5.97 Å². The number of fused-ring (bicyclic) bond motifs is 1. The van der Waals surface area contributed by atoms with Crippen molar-refractivity contribution in [1.29, 1.82) is 0 Å². The van der Waals surface area contributed by atoms with Gasteiger partial charge in [0.1, 0.15) is 5.75 Å². The van der Waals surface area contributed by atoms with E-state index in [0.717, 1.165) is 17.5 Å². The number of amides is 1. The van der Waals surface area contributed by atoms with Gasteiger partial charge in [0.15, 0.2) is 6.61 Å². The summed E-state index contributed by atoms with van der Waals surface area (Å²) in [6.07, 6.45) is 0.844. The minimum absolute atomic E-state index is 0.0247. The molecular weight excluding hydrogens is 449 g/mol. The number of carbonyl (C=O) groups is 2. The Morgan fingerprint density at radius 2 is 1.81 bits per heavy atom. The van der Waals surface area contributed by atoms with Crippen LogP contribution in [0.25, 0.3) is 0 Å². The molecule has 1 saturated carbocycles. The van der Waals surface area contributed by atoms with Crippen LogP contribution in [0.15, 0.2) is 42.5 Å². The van der Waals surface area contributed by atoms with Gasteiger partial charge in [-0.25, -0.2) is 4.79 Å². The van der Waals surface area contributed by atoms with Gasteiger partial charge in [0.25, 0.3) is 0 Å². The summed E-state index contributed by atoms with van der Waals surface area (Å²) in [6.45, 7) is 4.07. The molecule has 7 heteroatoms. The molecule has 1 amide bonds. The summed E-state index contributed by atoms with van der Waals surface area (Å²) in [5.41, 5.74) is 2.18. The fraction of sp³-hybridized carbons (Fsp3) is 0.440. The smallest absolute Gasteiger partial charge is 0.343 e. The van der Waals surface area contributed by atoms with Crippen molar-refractivity contribution in [2.75, 3.05) is 13.7 Å². The lowest BCUT2D eigenvalue weighted by Gasteiger charge is -2.44. The maximum atomic E-state index is 12.8. The minimum Gasteiger partial charge on any atom is -0.482 e. The van der Waals surface area contributed by atoms with Gasteiger partial charge in [-0.1, -0.05) is 48.3 Å². The Morgan fingerprint density at radius 3 is 2.47 bits per heavy atom. The Bertz CT molecular complexity index is 1010. The van der Waals surface area contributed by atoms with Crippen molar-refractivity contribution >= 4 is 35.1 Å². The number of ether oxygens (including phenoxy) is 2. The van der Waals surface area contributed by atoms with Gasteiger partial charge in [0.2, 0.25) is 5.91 Å². The van der Waals surface area contributed by atoms with E-state index in [4.69, 9.17) is 27.9 Å². The van der Waals surface area contributed by atoms with Crippen LogP contribution in [0.5, 0.6) is 5.75 Å². The third kappa shape index (κ3) is 4.33. The highest BCUT2D eigenvalue weighted by molar-refractivity contribution is 6.31. The van der Waals surface area contributed by atoms with E-state index in [-0.39, 0.29) is 48.1 Å². The number of hydrogen-bond donors (Lipinski definition) is 1. The Balaban J connectivity index is 1.71. The molecule has 6 atom stereocenters. The molecule has 1 N–H and O–H groups in total. The van der Waals surface area contributed by atoms with E-state index in [1.54, 1.807) is 6.07 Å². The molecule has 170 valence electrons. The summed E-state index contributed by atoms with van der Waals surface area (Å²) in [4.78, 5) is 24.1. The summed E-state index contributed by atoms with van der Waals surface area (Å²) in [6, 6.07) is 13.6. The molecule has 2 aliphatic rings. The van der Waals surface area contributed by atoms with Crippen LogP contribution in [0.3, 0.4) is 0 Å². The largest absolute Gasteiger partial charge is 0.482 e. The van der Waals surface area contributed by atoms with E-state index in [0.29, 0.717) is 15.8 Å². The third-order valence-corrected chi connectivity index (χ3v) is 7.54. The standard InChI is InChI=1S/C25H27Cl2NO4/c1-13-10-19(18-9-8-17(11-20(18)27)32-12-21(29)31-3)24(15-4-6-16(26)7-5-15)23-14(2)28-25(30)22(13)23/h4-9,11,13-14,19,22-24H,10,12H2,1-3H3,(H,28,30)/t13-,14-,19+,22-,23-,24+/m1/s1. The van der Waals surface area contributed by atoms with Crippen molar-refractivity contribution in [2.45, 2.75) is 38.1 Å². The first-order chi connectivity index (χ1) is 15.3. The molecule has 1 heterocycles. The zero-order valence-electron chi connectivity index (χ0n) is 18.3. The highest BCUT2D eigenvalue weighted by Gasteiger charge is 2.53. The molecular formula is C25H27Cl2NO4. The molecule has 2 aromatic carbocycles. The van der Waals surface area contributed by atoms with Gasteiger partial charge < -0.3 is 14.8 Å². The first-order valence-electron chi connectivity index (χ1n) is 10.8. The monoisotopic (exact) mass is 475 g/mol. The SMILES string of the molecule is COC(=O)COc1ccc([C@@H]2C[C@@H](C)[C@H]3C(=O)N[C@H](C)[C@H]3[C@H]2c2ccc(Cl)cc2)c(Cl)c1. The molecule has 0 unspecified atom stereocenters. The van der Waals surface area contributed by atoms with Crippen LogP contribution in [0.2, 0.25) is 10.0 Å². The summed E-state index contributed by atoms with van der Waals surface area (Å²) < 4.78 is 10.1. The third-order valence-electron chi connectivity index (χ3n) is 6.96. The lowest BCUT2D eigenvalue weighted by atomic mass is 9.58. The molecule has 0 radical (unpaired) electrons. The van der Waals surface area contributed by atoms with Crippen molar-refractivity contribution in [3.05, 3.63) is 63.6 Å². The van der Waals surface area contributed by atoms with Gasteiger partial charge in [-0.3, -0.25) is 4.79 Å². The van der Waals surface area contributed by atoms with Crippen molar-refractivity contribution in [3.8, 4) is 5.75 Å². The summed E-state index contributed by atoms with van der Waals surface area (Å²) in [5.74, 6) is 0.807. The predicted octanol–water partition coefficient (Wildman–Crippen LogP) is 5.20. The first kappa shape index (κ1) is 22.9. The molecule has 2 fully saturated rings. The number of benzene rings is 2. The van der Waals surface area contributed by atoms with Gasteiger partial charge in [0, 0.05) is 22.0 Å². The topological polar surface area (TPSA) is 64.6 Å². The van der Waals surface area contributed by atoms with E-state index in [9.17, 15) is 9.59 Å². The van der Waals surface area contributed by atoms with Crippen LogP contribution >= 0.6 is 23.2 Å². The molecule has 4 rings (SSSR count). The molecule has 0 spiro atoms. The molecule has 1 aliphatic heterocycles. The second-order valence-electron chi connectivity index (χ2n) is 8.85. The van der Waals surface area contributed by atoms with Crippen LogP contribution in [0.4, 0.5) is 0 Å². The first-order valence-corrected chi connectivity index (χ1v) is 11.6. The van der Waals surface area contributed by atoms with Crippen LogP contribution in [-0.2, 0) is 14.3 Å². The summed E-state index contributed by atoms with van der Waals surface area (Å²) in [5, 5.41) is 4.44. The number of rotatable bonds is 5. The zero-order valence-corrected chi connectivity index (χ0v) is 19.8. The van der Waals surface area contributed by atoms with Gasteiger partial charge in [-0.15, -0.1) is 0 Å². The van der Waals surface area contributed by atoms with Crippen LogP contribution in [0.1, 0.15) is 43.2 Å². The van der Waals surface area contributed by atoms with Gasteiger partial charge in [-0.05, 0) is 72.4 Å². The summed E-state index contributed by atoms with van der Waals surface area (Å²) in [7, 11) is 1.32. The highest BCUT2D eigenvalue weighted by Crippen LogP contribution is 2.56. The van der Waals surface area contributed by atoms with E-state index >= 15 is 0 Å². The molecule has 1 saturated heterocycles. The Kier molecular flexibility index (Phi) is 6.68. The normalized spacial score (nSPS) is 29.2. The van der Waals surface area contributed by atoms with E-state index in [1.807, 2.05) is 24.3 Å². The average molecular weight is 476 g/mol. The van der Waals surface area contributed by atoms with E-state index in [1.165, 1.54) is 7.11 Å². The Morgan fingerprint density at radius 1 is 1.09 bits per heavy atom. The molecule has 2 aromatic rings. The van der Waals surface area contributed by atoms with Crippen LogP contribution in [-0.4, -0.2) is 31.6 Å². The minimum atomic E-state index is -0.451. The number of nitrogens with one attached hydrogen (secondary N) is 1. The Hall–Kier alpha value is -2.24. The maximum absolute atomic E-state index is 12.8. The fourth-order valence-corrected chi connectivity index (χ4v) is 6.03. The molecule has 1 aliphatic carbocycles. The lowest BCUT2D eigenvalue weighted by Crippen LogP contribution is -2.39. The highest BCUT2D eigenvalue weighted by atomic mass is 35.5. The molecule has 0 bridgehead atoms. The summed E-state index contributed by atoms with van der Waals surface area (Å²) >= 11 is 12.9. The van der Waals surface area contributed by atoms with E-state index in [2.05, 4.69) is 36.0 Å². The van der Waals surface area contributed by atoms with Crippen molar-refractivity contribution < 1.29 is 19.1 Å². The number of methoxy groups -OCH3 is 1. The van der Waals surface area contributed by atoms with Crippen molar-refractivity contribution in [1.82, 2.24) is 5.32 Å². The second kappa shape index (κ2) is 9.32. The maximum Gasteiger partial charge on any atom is 0.343 e. The fourth-order valence-electron chi connectivity index (χ4n) is 5.60. The number of esters is 1. The van der Waals surface area contributed by atoms with Crippen molar-refractivity contribution in [3.63, 3.8) is 0 Å². The number of hydrogen-bond acceptors (Lipinski definition) is 4. The predicted molar refractivity (Wildman–Crippen MR) is 124 cm³/mol. The van der Waals surface area contributed by atoms with E-state index < -0.39 is 5.97 Å². The Labute approximate surface area is 198 Å². The molecule has 0 aromatic heterocycles. The average Bonchev–Trinajstić information content (AvgIpc) is 3.07. The number of halogens is 2. The number of carbonyl (C=O) groups excluding carboxylic acids is 2. The van der Waals surface area contributed by atoms with Crippen LogP contribution < -0.4 is 10.1 Å². The lowest BCUT2D eigenvalue weighted by molar-refractivity contribution is -0.142. The van der Waals surface area contributed by atoms with Crippen LogP contribution in [0, 0.1) is 17.8 Å².